The van der Waals surface area contributed by atoms with Gasteiger partial charge in [-0.2, -0.15) is 5.26 Å². The molecular formula is C12H8N4O. The third-order valence-electron chi connectivity index (χ3n) is 2.51. The van der Waals surface area contributed by atoms with Gasteiger partial charge in [-0.3, -0.25) is 0 Å². The maximum absolute atomic E-state index is 8.68. The minimum absolute atomic E-state index is 0.279. The van der Waals surface area contributed by atoms with Crippen molar-refractivity contribution in [2.75, 3.05) is 0 Å². The molecule has 17 heavy (non-hydrogen) atoms. The molecule has 0 aliphatic heterocycles. The molecule has 0 bridgehead atoms. The molecule has 82 valence electrons. The highest BCUT2D eigenvalue weighted by molar-refractivity contribution is 5.80. The van der Waals surface area contributed by atoms with E-state index in [9.17, 15) is 0 Å². The number of imidazole rings is 1. The number of H-pyrrole nitrogens is 1. The van der Waals surface area contributed by atoms with Crippen LogP contribution < -0.4 is 0 Å². The Hall–Kier alpha value is -2.61. The molecule has 3 rings (SSSR count). The van der Waals surface area contributed by atoms with Crippen molar-refractivity contribution in [3.05, 3.63) is 35.8 Å². The van der Waals surface area contributed by atoms with Gasteiger partial charge in [0, 0.05) is 11.6 Å². The Balaban J connectivity index is 2.14. The predicted molar refractivity (Wildman–Crippen MR) is 61.0 cm³/mol. The number of fused-ring (bicyclic) bond motifs is 1. The quantitative estimate of drug-likeness (QED) is 0.688. The maximum atomic E-state index is 8.68. The van der Waals surface area contributed by atoms with E-state index in [0.29, 0.717) is 5.76 Å². The van der Waals surface area contributed by atoms with Crippen molar-refractivity contribution in [2.45, 2.75) is 6.92 Å². The number of aromatic nitrogens is 3. The Bertz CT molecular complexity index is 732. The fourth-order valence-electron chi connectivity index (χ4n) is 1.75. The first-order valence-electron chi connectivity index (χ1n) is 5.10. The number of hydrogen-bond donors (Lipinski definition) is 1. The fourth-order valence-corrected chi connectivity index (χ4v) is 1.75. The second kappa shape index (κ2) is 3.46. The van der Waals surface area contributed by atoms with Crippen LogP contribution in [0.15, 0.2) is 28.8 Å². The summed E-state index contributed by atoms with van der Waals surface area (Å²) in [5.41, 5.74) is 3.00. The number of rotatable bonds is 1. The Morgan fingerprint density at radius 1 is 1.35 bits per heavy atom. The first-order chi connectivity index (χ1) is 8.26. The number of hydrogen-bond acceptors (Lipinski definition) is 4. The number of nitrogens with zero attached hydrogens (tertiary/aromatic N) is 3. The lowest BCUT2D eigenvalue weighted by molar-refractivity contribution is 0.430. The average Bonchev–Trinajstić information content (AvgIpc) is 2.92. The third-order valence-corrected chi connectivity index (χ3v) is 2.51. The molecule has 0 saturated carbocycles. The van der Waals surface area contributed by atoms with Crippen molar-refractivity contribution < 1.29 is 4.52 Å². The second-order valence-electron chi connectivity index (χ2n) is 3.74. The van der Waals surface area contributed by atoms with Crippen molar-refractivity contribution in [3.63, 3.8) is 0 Å². The van der Waals surface area contributed by atoms with E-state index in [0.717, 1.165) is 22.4 Å². The number of benzene rings is 1. The molecule has 0 saturated heterocycles. The zero-order valence-electron chi connectivity index (χ0n) is 9.06. The van der Waals surface area contributed by atoms with Crippen LogP contribution in [0.25, 0.3) is 22.4 Å². The van der Waals surface area contributed by atoms with Crippen LogP contribution in [0.4, 0.5) is 0 Å². The Kier molecular flexibility index (Phi) is 1.95. The monoisotopic (exact) mass is 224 g/mol. The summed E-state index contributed by atoms with van der Waals surface area (Å²) in [6.45, 7) is 1.90. The first-order valence-corrected chi connectivity index (χ1v) is 5.10. The zero-order valence-corrected chi connectivity index (χ0v) is 9.06. The van der Waals surface area contributed by atoms with E-state index in [1.165, 1.54) is 0 Å². The normalized spacial score (nSPS) is 10.6. The maximum Gasteiger partial charge on any atom is 0.184 e. The summed E-state index contributed by atoms with van der Waals surface area (Å²) in [4.78, 5) is 7.47. The van der Waals surface area contributed by atoms with Gasteiger partial charge in [-0.05, 0) is 25.1 Å². The molecule has 2 aromatic heterocycles. The van der Waals surface area contributed by atoms with Crippen molar-refractivity contribution in [1.82, 2.24) is 15.1 Å². The van der Waals surface area contributed by atoms with Gasteiger partial charge in [-0.1, -0.05) is 5.16 Å². The minimum Gasteiger partial charge on any atom is -0.355 e. The van der Waals surface area contributed by atoms with Gasteiger partial charge >= 0.3 is 0 Å². The minimum atomic E-state index is 0.279. The molecule has 0 atom stereocenters. The molecule has 0 amide bonds. The molecule has 5 nitrogen and oxygen atoms in total. The van der Waals surface area contributed by atoms with E-state index in [-0.39, 0.29) is 5.69 Å². The van der Waals surface area contributed by atoms with Crippen LogP contribution in [0.3, 0.4) is 0 Å². The topological polar surface area (TPSA) is 78.5 Å². The Labute approximate surface area is 96.7 Å². The zero-order chi connectivity index (χ0) is 11.8. The van der Waals surface area contributed by atoms with Crippen LogP contribution in [0.5, 0.6) is 0 Å². The molecule has 0 aliphatic rings. The molecule has 0 spiro atoms. The van der Waals surface area contributed by atoms with Crippen molar-refractivity contribution in [3.8, 4) is 17.4 Å². The van der Waals surface area contributed by atoms with Gasteiger partial charge in [0.25, 0.3) is 0 Å². The Morgan fingerprint density at radius 2 is 2.24 bits per heavy atom. The molecule has 0 unspecified atom stereocenters. The van der Waals surface area contributed by atoms with Crippen LogP contribution in [-0.2, 0) is 0 Å². The predicted octanol–water partition coefficient (Wildman–Crippen LogP) is 2.40. The van der Waals surface area contributed by atoms with Gasteiger partial charge in [0.1, 0.15) is 11.9 Å². The lowest BCUT2D eigenvalue weighted by atomic mass is 10.1. The lowest BCUT2D eigenvalue weighted by Gasteiger charge is -1.94. The Morgan fingerprint density at radius 3 is 3.00 bits per heavy atom. The summed E-state index contributed by atoms with van der Waals surface area (Å²) in [6.07, 6.45) is 0. The molecule has 0 fully saturated rings. The van der Waals surface area contributed by atoms with Gasteiger partial charge in [-0.15, -0.1) is 0 Å². The highest BCUT2D eigenvalue weighted by Crippen LogP contribution is 2.23. The summed E-state index contributed by atoms with van der Waals surface area (Å²) < 4.78 is 5.09. The van der Waals surface area contributed by atoms with Gasteiger partial charge < -0.3 is 9.51 Å². The van der Waals surface area contributed by atoms with Crippen LogP contribution >= 0.6 is 0 Å². The van der Waals surface area contributed by atoms with E-state index in [1.54, 1.807) is 6.07 Å². The van der Waals surface area contributed by atoms with Gasteiger partial charge in [0.2, 0.25) is 0 Å². The summed E-state index contributed by atoms with van der Waals surface area (Å²) in [5.74, 6) is 1.45. The van der Waals surface area contributed by atoms with Crippen LogP contribution in [0.1, 0.15) is 11.5 Å². The largest absolute Gasteiger partial charge is 0.355 e. The smallest absolute Gasteiger partial charge is 0.184 e. The summed E-state index contributed by atoms with van der Waals surface area (Å²) in [7, 11) is 0. The number of aromatic amines is 1. The van der Waals surface area contributed by atoms with E-state index in [1.807, 2.05) is 31.2 Å². The van der Waals surface area contributed by atoms with Gasteiger partial charge in [0.05, 0.1) is 11.0 Å². The number of nitriles is 1. The SMILES string of the molecule is Cc1nc2ccc(-c3cc(C#N)no3)cc2[nH]1. The molecule has 0 radical (unpaired) electrons. The first kappa shape index (κ1) is 9.60. The molecule has 1 N–H and O–H groups in total. The van der Waals surface area contributed by atoms with Crippen molar-refractivity contribution >= 4 is 11.0 Å². The molecule has 5 heteroatoms. The van der Waals surface area contributed by atoms with Crippen LogP contribution in [0.2, 0.25) is 0 Å². The standard InChI is InChI=1S/C12H8N4O/c1-7-14-10-3-2-8(4-11(10)15-7)12-5-9(6-13)16-17-12/h2-5H,1H3,(H,14,15). The summed E-state index contributed by atoms with van der Waals surface area (Å²) >= 11 is 0. The average molecular weight is 224 g/mol. The molecule has 1 aromatic carbocycles. The highest BCUT2D eigenvalue weighted by Gasteiger charge is 2.08. The van der Waals surface area contributed by atoms with Crippen LogP contribution in [0, 0.1) is 18.3 Å². The summed E-state index contributed by atoms with van der Waals surface area (Å²) in [6, 6.07) is 9.28. The van der Waals surface area contributed by atoms with Crippen LogP contribution in [-0.4, -0.2) is 15.1 Å². The molecule has 3 aromatic rings. The van der Waals surface area contributed by atoms with Gasteiger partial charge in [-0.25, -0.2) is 4.98 Å². The molecule has 0 aliphatic carbocycles. The number of aryl methyl sites for hydroxylation is 1. The van der Waals surface area contributed by atoms with Crippen molar-refractivity contribution in [2.24, 2.45) is 0 Å². The third kappa shape index (κ3) is 1.56. The van der Waals surface area contributed by atoms with Crippen molar-refractivity contribution in [1.29, 1.82) is 5.26 Å². The number of nitrogens with one attached hydrogen (secondary N) is 1. The van der Waals surface area contributed by atoms with Gasteiger partial charge in [0.15, 0.2) is 11.5 Å². The van der Waals surface area contributed by atoms with E-state index in [4.69, 9.17) is 9.78 Å². The van der Waals surface area contributed by atoms with E-state index < -0.39 is 0 Å². The molecule has 2 heterocycles. The van der Waals surface area contributed by atoms with E-state index in [2.05, 4.69) is 15.1 Å². The second-order valence-corrected chi connectivity index (χ2v) is 3.74. The van der Waals surface area contributed by atoms with E-state index >= 15 is 0 Å². The highest BCUT2D eigenvalue weighted by atomic mass is 16.5. The fraction of sp³-hybridized carbons (Fsp3) is 0.0833. The molecular weight excluding hydrogens is 216 g/mol. The summed E-state index contributed by atoms with van der Waals surface area (Å²) in [5, 5.41) is 12.3. The lowest BCUT2D eigenvalue weighted by Crippen LogP contribution is -1.75.